The first-order valence-corrected chi connectivity index (χ1v) is 3.10. The molecule has 0 amide bonds. The maximum Gasteiger partial charge on any atom is 0.0125 e. The van der Waals surface area contributed by atoms with E-state index in [1.807, 2.05) is 0 Å². The van der Waals surface area contributed by atoms with Crippen molar-refractivity contribution in [3.63, 3.8) is 0 Å². The Morgan fingerprint density at radius 3 is 2.56 bits per heavy atom. The molecule has 0 fully saturated rings. The number of rotatable bonds is 5. The summed E-state index contributed by atoms with van der Waals surface area (Å²) in [5.74, 6) is 4.97. The van der Waals surface area contributed by atoms with Gasteiger partial charge >= 0.3 is 0 Å². The van der Waals surface area contributed by atoms with E-state index in [9.17, 15) is 0 Å². The molecule has 0 rings (SSSR count). The molecule has 0 heterocycles. The number of hydrazine groups is 2. The minimum Gasteiger partial charge on any atom is -0.309 e. The van der Waals surface area contributed by atoms with E-state index in [2.05, 4.69) is 30.0 Å². The molecule has 0 aliphatic heterocycles. The molecule has 0 radical (unpaired) electrons. The van der Waals surface area contributed by atoms with E-state index in [0.29, 0.717) is 0 Å². The van der Waals surface area contributed by atoms with Gasteiger partial charge in [-0.2, -0.15) is 5.53 Å². The molecular weight excluding hydrogens is 116 g/mol. The Labute approximate surface area is 56.3 Å². The van der Waals surface area contributed by atoms with Crippen LogP contribution >= 0.6 is 0 Å². The smallest absolute Gasteiger partial charge is 0.0125 e. The highest BCUT2D eigenvalue weighted by molar-refractivity contribution is 4.44. The van der Waals surface area contributed by atoms with Gasteiger partial charge in [0.2, 0.25) is 0 Å². The first-order valence-electron chi connectivity index (χ1n) is 3.10. The summed E-state index contributed by atoms with van der Waals surface area (Å²) < 4.78 is 0. The number of nitrogens with one attached hydrogen (secondary N) is 2. The molecule has 4 nitrogen and oxygen atoms in total. The lowest BCUT2D eigenvalue weighted by atomic mass is 10.4. The van der Waals surface area contributed by atoms with Gasteiger partial charge in [-0.05, 0) is 27.1 Å². The van der Waals surface area contributed by atoms with E-state index in [4.69, 9.17) is 5.84 Å². The van der Waals surface area contributed by atoms with Crippen molar-refractivity contribution in [2.75, 3.05) is 27.2 Å². The summed E-state index contributed by atoms with van der Waals surface area (Å²) in [6.45, 7) is 2.00. The molecule has 0 aromatic carbocycles. The summed E-state index contributed by atoms with van der Waals surface area (Å²) in [7, 11) is 4.10. The van der Waals surface area contributed by atoms with Gasteiger partial charge in [0.25, 0.3) is 0 Å². The molecule has 0 aliphatic rings. The van der Waals surface area contributed by atoms with Gasteiger partial charge in [0, 0.05) is 6.54 Å². The van der Waals surface area contributed by atoms with Gasteiger partial charge in [-0.15, -0.1) is 0 Å². The van der Waals surface area contributed by atoms with Gasteiger partial charge in [-0.25, -0.2) is 5.43 Å². The fourth-order valence-electron chi connectivity index (χ4n) is 0.556. The standard InChI is InChI=1S/C5H16N4/c1-9(2)5-3-4-7-8-6/h7-8H,3-6H2,1-2H3. The second-order valence-corrected chi connectivity index (χ2v) is 2.23. The van der Waals surface area contributed by atoms with Gasteiger partial charge in [0.1, 0.15) is 0 Å². The molecule has 0 spiro atoms. The van der Waals surface area contributed by atoms with Gasteiger partial charge in [0.15, 0.2) is 0 Å². The van der Waals surface area contributed by atoms with Crippen molar-refractivity contribution >= 4 is 0 Å². The monoisotopic (exact) mass is 132 g/mol. The Bertz CT molecular complexity index is 54.9. The Balaban J connectivity index is 2.75. The third kappa shape index (κ3) is 7.84. The summed E-state index contributed by atoms with van der Waals surface area (Å²) in [5.41, 5.74) is 5.18. The highest BCUT2D eigenvalue weighted by atomic mass is 15.5. The van der Waals surface area contributed by atoms with E-state index in [-0.39, 0.29) is 0 Å². The zero-order valence-electron chi connectivity index (χ0n) is 6.15. The normalized spacial score (nSPS) is 10.7. The largest absolute Gasteiger partial charge is 0.309 e. The quantitative estimate of drug-likeness (QED) is 0.253. The zero-order chi connectivity index (χ0) is 7.11. The van der Waals surface area contributed by atoms with E-state index < -0.39 is 0 Å². The molecule has 4 N–H and O–H groups in total. The topological polar surface area (TPSA) is 53.3 Å². The van der Waals surface area contributed by atoms with E-state index in [1.165, 1.54) is 0 Å². The number of nitrogens with zero attached hydrogens (tertiary/aromatic N) is 1. The summed E-state index contributed by atoms with van der Waals surface area (Å²) in [5, 5.41) is 0. The first-order chi connectivity index (χ1) is 4.27. The summed E-state index contributed by atoms with van der Waals surface area (Å²) in [6, 6.07) is 0. The van der Waals surface area contributed by atoms with E-state index in [1.54, 1.807) is 0 Å². The third-order valence-corrected chi connectivity index (χ3v) is 1.01. The van der Waals surface area contributed by atoms with Crippen LogP contribution in [0, 0.1) is 0 Å². The third-order valence-electron chi connectivity index (χ3n) is 1.01. The van der Waals surface area contributed by atoms with Crippen molar-refractivity contribution in [1.82, 2.24) is 15.9 Å². The fraction of sp³-hybridized carbons (Fsp3) is 1.00. The molecule has 9 heavy (non-hydrogen) atoms. The Hall–Kier alpha value is -0.160. The van der Waals surface area contributed by atoms with Crippen molar-refractivity contribution in [2.45, 2.75) is 6.42 Å². The Morgan fingerprint density at radius 2 is 2.11 bits per heavy atom. The summed E-state index contributed by atoms with van der Waals surface area (Å²) >= 11 is 0. The number of hydrogen-bond acceptors (Lipinski definition) is 4. The van der Waals surface area contributed by atoms with E-state index >= 15 is 0 Å². The lowest BCUT2D eigenvalue weighted by Crippen LogP contribution is -2.39. The van der Waals surface area contributed by atoms with Crippen LogP contribution in [0.25, 0.3) is 0 Å². The lowest BCUT2D eigenvalue weighted by molar-refractivity contribution is 0.386. The molecule has 56 valence electrons. The second-order valence-electron chi connectivity index (χ2n) is 2.23. The van der Waals surface area contributed by atoms with Crippen molar-refractivity contribution in [2.24, 2.45) is 5.84 Å². The van der Waals surface area contributed by atoms with Crippen LogP contribution in [0.2, 0.25) is 0 Å². The van der Waals surface area contributed by atoms with Crippen molar-refractivity contribution < 1.29 is 0 Å². The van der Waals surface area contributed by atoms with Crippen molar-refractivity contribution in [1.29, 1.82) is 0 Å². The zero-order valence-corrected chi connectivity index (χ0v) is 6.15. The van der Waals surface area contributed by atoms with Gasteiger partial charge in [-0.3, -0.25) is 5.84 Å². The maximum absolute atomic E-state index is 4.97. The molecule has 0 aliphatic carbocycles. The Kier molecular flexibility index (Phi) is 5.86. The number of nitrogens with two attached hydrogens (primary N) is 1. The van der Waals surface area contributed by atoms with Gasteiger partial charge < -0.3 is 4.90 Å². The summed E-state index contributed by atoms with van der Waals surface area (Å²) in [6.07, 6.45) is 1.11. The average molecular weight is 132 g/mol. The van der Waals surface area contributed by atoms with Gasteiger partial charge in [0.05, 0.1) is 0 Å². The predicted molar refractivity (Wildman–Crippen MR) is 38.5 cm³/mol. The van der Waals surface area contributed by atoms with Crippen LogP contribution in [-0.2, 0) is 0 Å². The average Bonchev–Trinajstić information content (AvgIpc) is 1.80. The fourth-order valence-corrected chi connectivity index (χ4v) is 0.556. The minimum absolute atomic E-state index is 0.911. The molecule has 0 atom stereocenters. The van der Waals surface area contributed by atoms with Gasteiger partial charge in [-0.1, -0.05) is 0 Å². The molecular formula is C5H16N4. The lowest BCUT2D eigenvalue weighted by Gasteiger charge is -2.08. The van der Waals surface area contributed by atoms with Crippen LogP contribution in [0.3, 0.4) is 0 Å². The van der Waals surface area contributed by atoms with Crippen LogP contribution in [0.15, 0.2) is 0 Å². The highest BCUT2D eigenvalue weighted by Crippen LogP contribution is 1.78. The van der Waals surface area contributed by atoms with Crippen LogP contribution in [0.5, 0.6) is 0 Å². The second kappa shape index (κ2) is 5.97. The van der Waals surface area contributed by atoms with Crippen molar-refractivity contribution in [3.8, 4) is 0 Å². The van der Waals surface area contributed by atoms with Crippen LogP contribution in [0.4, 0.5) is 0 Å². The SMILES string of the molecule is CN(C)CCCNNN. The Morgan fingerprint density at radius 1 is 1.44 bits per heavy atom. The van der Waals surface area contributed by atoms with Crippen LogP contribution in [0.1, 0.15) is 6.42 Å². The first kappa shape index (κ1) is 8.84. The highest BCUT2D eigenvalue weighted by Gasteiger charge is 1.87. The maximum atomic E-state index is 4.97. The molecule has 0 unspecified atom stereocenters. The predicted octanol–water partition coefficient (Wildman–Crippen LogP) is -1.09. The molecule has 4 heteroatoms. The van der Waals surface area contributed by atoms with Crippen LogP contribution in [-0.4, -0.2) is 32.1 Å². The molecule has 0 aromatic heterocycles. The van der Waals surface area contributed by atoms with E-state index in [0.717, 1.165) is 19.5 Å². The molecule has 0 saturated carbocycles. The molecule has 0 saturated heterocycles. The van der Waals surface area contributed by atoms with Crippen LogP contribution < -0.4 is 16.8 Å². The number of hydrogen-bond donors (Lipinski definition) is 3. The summed E-state index contributed by atoms with van der Waals surface area (Å²) in [4.78, 5) is 2.14. The minimum atomic E-state index is 0.911. The molecule has 0 aromatic rings. The molecule has 0 bridgehead atoms. The van der Waals surface area contributed by atoms with Crippen molar-refractivity contribution in [3.05, 3.63) is 0 Å².